The molecule has 1 fully saturated rings. The van der Waals surface area contributed by atoms with Crippen molar-refractivity contribution >= 4 is 5.91 Å². The summed E-state index contributed by atoms with van der Waals surface area (Å²) in [5.74, 6) is -0.0338. The first-order valence-electron chi connectivity index (χ1n) is 5.65. The molecule has 16 heavy (non-hydrogen) atoms. The maximum Gasteiger partial charge on any atom is 0.221 e. The minimum atomic E-state index is -0.624. The quantitative estimate of drug-likeness (QED) is 0.458. The zero-order valence-corrected chi connectivity index (χ0v) is 9.59. The zero-order chi connectivity index (χ0) is 12.1. The molecule has 1 amide bonds. The van der Waals surface area contributed by atoms with Crippen LogP contribution >= 0.6 is 0 Å². The lowest BCUT2D eigenvalue weighted by Crippen LogP contribution is -2.42. The largest absolute Gasteiger partial charge is 0.378 e. The van der Waals surface area contributed by atoms with Gasteiger partial charge in [-0.1, -0.05) is 6.92 Å². The number of nitrogens with zero attached hydrogens (tertiary/aromatic N) is 1. The second-order valence-corrected chi connectivity index (χ2v) is 4.23. The number of aliphatic hydroxyl groups excluding tert-OH is 2. The first-order chi connectivity index (χ1) is 7.56. The van der Waals surface area contributed by atoms with Gasteiger partial charge in [0, 0.05) is 26.1 Å². The van der Waals surface area contributed by atoms with Crippen LogP contribution in [-0.4, -0.2) is 53.1 Å². The lowest BCUT2D eigenvalue weighted by atomic mass is 10.1. The van der Waals surface area contributed by atoms with Crippen molar-refractivity contribution in [1.82, 2.24) is 10.2 Å². The van der Waals surface area contributed by atoms with Crippen LogP contribution in [0.1, 0.15) is 19.8 Å². The van der Waals surface area contributed by atoms with Gasteiger partial charge >= 0.3 is 0 Å². The van der Waals surface area contributed by atoms with Crippen LogP contribution in [0.25, 0.3) is 0 Å². The lowest BCUT2D eigenvalue weighted by molar-refractivity contribution is -0.121. The molecule has 3 unspecified atom stereocenters. The van der Waals surface area contributed by atoms with E-state index in [-0.39, 0.29) is 11.8 Å². The van der Waals surface area contributed by atoms with Gasteiger partial charge in [-0.15, -0.1) is 0 Å². The van der Waals surface area contributed by atoms with Crippen molar-refractivity contribution < 1.29 is 15.0 Å². The Balaban J connectivity index is 2.24. The smallest absolute Gasteiger partial charge is 0.221 e. The monoisotopic (exact) mass is 231 g/mol. The summed E-state index contributed by atoms with van der Waals surface area (Å²) in [5, 5.41) is 22.0. The topological polar surface area (TPSA) is 98.8 Å². The molecular weight excluding hydrogens is 210 g/mol. The summed E-state index contributed by atoms with van der Waals surface area (Å²) in [6.07, 6.45) is -0.364. The fourth-order valence-electron chi connectivity index (χ4n) is 1.92. The molecule has 1 saturated heterocycles. The molecule has 5 N–H and O–H groups in total. The number of nitrogens with one attached hydrogen (secondary N) is 1. The van der Waals surface area contributed by atoms with Gasteiger partial charge in [0.05, 0.1) is 0 Å². The Kier molecular flexibility index (Phi) is 5.14. The summed E-state index contributed by atoms with van der Waals surface area (Å²) >= 11 is 0. The number of nitrogens with two attached hydrogens (primary N) is 1. The highest BCUT2D eigenvalue weighted by Gasteiger charge is 2.35. The molecule has 0 aromatic rings. The highest BCUT2D eigenvalue weighted by atomic mass is 16.3. The number of aliphatic hydroxyl groups is 2. The molecule has 0 radical (unpaired) electrons. The van der Waals surface area contributed by atoms with Crippen molar-refractivity contribution in [2.24, 2.45) is 11.7 Å². The Labute approximate surface area is 95.4 Å². The van der Waals surface area contributed by atoms with Gasteiger partial charge in [0.15, 0.2) is 0 Å². The van der Waals surface area contributed by atoms with E-state index < -0.39 is 12.5 Å². The molecule has 0 aromatic heterocycles. The Morgan fingerprint density at radius 2 is 2.25 bits per heavy atom. The maximum atomic E-state index is 11.1. The first kappa shape index (κ1) is 13.4. The molecule has 0 aromatic carbocycles. The van der Waals surface area contributed by atoms with Gasteiger partial charge in [-0.3, -0.25) is 9.69 Å². The van der Waals surface area contributed by atoms with Crippen molar-refractivity contribution in [2.45, 2.75) is 32.2 Å². The molecular formula is C10H21N3O3. The standard InChI is InChI=1S/C10H21N3O3/c1-7-6-9(15)13(10(7)16)5-4-12-8(14)2-3-11/h7,9-10,15-16H,2-6,11H2,1H3,(H,12,14). The Morgan fingerprint density at radius 1 is 1.56 bits per heavy atom. The van der Waals surface area contributed by atoms with Gasteiger partial charge < -0.3 is 21.3 Å². The normalized spacial score (nSPS) is 30.6. The van der Waals surface area contributed by atoms with E-state index in [0.29, 0.717) is 32.5 Å². The van der Waals surface area contributed by atoms with Crippen LogP contribution in [0.3, 0.4) is 0 Å². The molecule has 0 spiro atoms. The number of hydrogen-bond acceptors (Lipinski definition) is 5. The predicted molar refractivity (Wildman–Crippen MR) is 59.2 cm³/mol. The van der Waals surface area contributed by atoms with Crippen LogP contribution in [0.15, 0.2) is 0 Å². The highest BCUT2D eigenvalue weighted by molar-refractivity contribution is 5.75. The van der Waals surface area contributed by atoms with Gasteiger partial charge in [-0.05, 0) is 12.3 Å². The molecule has 94 valence electrons. The Hall–Kier alpha value is -0.690. The Morgan fingerprint density at radius 3 is 2.75 bits per heavy atom. The molecule has 6 heteroatoms. The molecule has 6 nitrogen and oxygen atoms in total. The van der Waals surface area contributed by atoms with E-state index in [0.717, 1.165) is 0 Å². The molecule has 1 heterocycles. The van der Waals surface area contributed by atoms with Crippen LogP contribution in [0, 0.1) is 5.92 Å². The van der Waals surface area contributed by atoms with Gasteiger partial charge in [0.2, 0.25) is 5.91 Å². The van der Waals surface area contributed by atoms with Crippen LogP contribution < -0.4 is 11.1 Å². The van der Waals surface area contributed by atoms with E-state index in [4.69, 9.17) is 5.73 Å². The summed E-state index contributed by atoms with van der Waals surface area (Å²) in [4.78, 5) is 12.7. The van der Waals surface area contributed by atoms with E-state index in [1.807, 2.05) is 6.92 Å². The average Bonchev–Trinajstić information content (AvgIpc) is 2.45. The van der Waals surface area contributed by atoms with E-state index in [9.17, 15) is 15.0 Å². The highest BCUT2D eigenvalue weighted by Crippen LogP contribution is 2.25. The van der Waals surface area contributed by atoms with E-state index in [1.54, 1.807) is 4.90 Å². The number of rotatable bonds is 5. The van der Waals surface area contributed by atoms with Crippen LogP contribution in [0.4, 0.5) is 0 Å². The summed E-state index contributed by atoms with van der Waals surface area (Å²) < 4.78 is 0. The van der Waals surface area contributed by atoms with Crippen molar-refractivity contribution in [3.8, 4) is 0 Å². The number of carbonyl (C=O) groups excluding carboxylic acids is 1. The van der Waals surface area contributed by atoms with E-state index in [1.165, 1.54) is 0 Å². The first-order valence-corrected chi connectivity index (χ1v) is 5.65. The minimum absolute atomic E-state index is 0.0646. The SMILES string of the molecule is CC1CC(O)N(CCNC(=O)CCN)C1O. The third-order valence-corrected chi connectivity index (χ3v) is 2.88. The number of likely N-dealkylation sites (tertiary alicyclic amines) is 1. The predicted octanol–water partition coefficient (Wildman–Crippen LogP) is -1.57. The molecule has 0 saturated carbocycles. The summed E-state index contributed by atoms with van der Waals surface area (Å²) in [6.45, 7) is 3.08. The molecule has 1 aliphatic rings. The summed E-state index contributed by atoms with van der Waals surface area (Å²) in [6, 6.07) is 0. The van der Waals surface area contributed by atoms with Gasteiger partial charge in [-0.25, -0.2) is 0 Å². The zero-order valence-electron chi connectivity index (χ0n) is 9.59. The lowest BCUT2D eigenvalue weighted by Gasteiger charge is -2.24. The van der Waals surface area contributed by atoms with Crippen molar-refractivity contribution in [1.29, 1.82) is 0 Å². The number of carbonyl (C=O) groups is 1. The number of hydrogen-bond donors (Lipinski definition) is 4. The maximum absolute atomic E-state index is 11.1. The third-order valence-electron chi connectivity index (χ3n) is 2.88. The van der Waals surface area contributed by atoms with Gasteiger partial charge in [0.25, 0.3) is 0 Å². The van der Waals surface area contributed by atoms with E-state index in [2.05, 4.69) is 5.32 Å². The molecule has 1 rings (SSSR count). The molecule has 0 aliphatic carbocycles. The minimum Gasteiger partial charge on any atom is -0.378 e. The van der Waals surface area contributed by atoms with Gasteiger partial charge in [0.1, 0.15) is 12.5 Å². The van der Waals surface area contributed by atoms with E-state index >= 15 is 0 Å². The molecule has 0 bridgehead atoms. The fourth-order valence-corrected chi connectivity index (χ4v) is 1.92. The molecule has 3 atom stereocenters. The third kappa shape index (κ3) is 3.41. The Bertz CT molecular complexity index is 237. The summed E-state index contributed by atoms with van der Waals surface area (Å²) in [7, 11) is 0. The van der Waals surface area contributed by atoms with Crippen molar-refractivity contribution in [2.75, 3.05) is 19.6 Å². The van der Waals surface area contributed by atoms with Crippen LogP contribution in [0.5, 0.6) is 0 Å². The fraction of sp³-hybridized carbons (Fsp3) is 0.900. The van der Waals surface area contributed by atoms with Crippen LogP contribution in [0.2, 0.25) is 0 Å². The number of amides is 1. The second-order valence-electron chi connectivity index (χ2n) is 4.23. The average molecular weight is 231 g/mol. The van der Waals surface area contributed by atoms with Gasteiger partial charge in [-0.2, -0.15) is 0 Å². The molecule has 1 aliphatic heterocycles. The van der Waals surface area contributed by atoms with Crippen molar-refractivity contribution in [3.63, 3.8) is 0 Å². The van der Waals surface area contributed by atoms with Crippen LogP contribution in [-0.2, 0) is 4.79 Å². The summed E-state index contributed by atoms with van der Waals surface area (Å²) in [5.41, 5.74) is 5.23. The second kappa shape index (κ2) is 6.15. The van der Waals surface area contributed by atoms with Crippen molar-refractivity contribution in [3.05, 3.63) is 0 Å².